The average Bonchev–Trinajstić information content (AvgIpc) is 2.71. The van der Waals surface area contributed by atoms with Crippen LogP contribution in [0.15, 0.2) is 42.5 Å². The van der Waals surface area contributed by atoms with Gasteiger partial charge in [0.1, 0.15) is 11.6 Å². The number of benzene rings is 2. The van der Waals surface area contributed by atoms with Gasteiger partial charge in [0.25, 0.3) is 5.91 Å². The standard InChI is InChI=1S/C24H29FN2O3/c1-5-26-21(28)15-30-19-11-8-16-12-13-27(23(29)24(2,3)4)22(20(16)14-19)17-6-9-18(25)10-7-17/h6-11,14,22H,5,12-13,15H2,1-4H3,(H,26,28). The molecule has 1 aliphatic heterocycles. The number of amides is 2. The van der Waals surface area contributed by atoms with Crippen LogP contribution in [-0.4, -0.2) is 36.4 Å². The molecule has 160 valence electrons. The summed E-state index contributed by atoms with van der Waals surface area (Å²) >= 11 is 0. The van der Waals surface area contributed by atoms with Gasteiger partial charge in [0.05, 0.1) is 6.04 Å². The van der Waals surface area contributed by atoms with Crippen molar-refractivity contribution >= 4 is 11.8 Å². The van der Waals surface area contributed by atoms with Crippen LogP contribution in [0.25, 0.3) is 0 Å². The molecule has 1 heterocycles. The van der Waals surface area contributed by atoms with Crippen LogP contribution in [0.5, 0.6) is 5.75 Å². The summed E-state index contributed by atoms with van der Waals surface area (Å²) in [7, 11) is 0. The van der Waals surface area contributed by atoms with Crippen LogP contribution >= 0.6 is 0 Å². The summed E-state index contributed by atoms with van der Waals surface area (Å²) in [6, 6.07) is 11.7. The molecule has 0 aliphatic carbocycles. The number of nitrogens with zero attached hydrogens (tertiary/aromatic N) is 1. The number of carbonyl (C=O) groups is 2. The molecular weight excluding hydrogens is 383 g/mol. The highest BCUT2D eigenvalue weighted by Gasteiger charge is 2.37. The Labute approximate surface area is 177 Å². The van der Waals surface area contributed by atoms with Crippen LogP contribution in [0.4, 0.5) is 4.39 Å². The van der Waals surface area contributed by atoms with Gasteiger partial charge < -0.3 is 15.0 Å². The van der Waals surface area contributed by atoms with Crippen LogP contribution in [0.2, 0.25) is 0 Å². The fourth-order valence-electron chi connectivity index (χ4n) is 3.73. The normalized spacial score (nSPS) is 16.0. The molecule has 30 heavy (non-hydrogen) atoms. The first kappa shape index (κ1) is 21.8. The highest BCUT2D eigenvalue weighted by atomic mass is 19.1. The second-order valence-electron chi connectivity index (χ2n) is 8.56. The van der Waals surface area contributed by atoms with Gasteiger partial charge in [-0.05, 0) is 54.3 Å². The predicted octanol–water partition coefficient (Wildman–Crippen LogP) is 3.86. The molecule has 0 fully saturated rings. The Morgan fingerprint density at radius 1 is 1.17 bits per heavy atom. The highest BCUT2D eigenvalue weighted by molar-refractivity contribution is 5.83. The van der Waals surface area contributed by atoms with Crippen LogP contribution in [0.3, 0.4) is 0 Å². The van der Waals surface area contributed by atoms with Crippen molar-refractivity contribution in [2.45, 2.75) is 40.2 Å². The van der Waals surface area contributed by atoms with E-state index >= 15 is 0 Å². The smallest absolute Gasteiger partial charge is 0.257 e. The first-order chi connectivity index (χ1) is 14.2. The Kier molecular flexibility index (Phi) is 6.44. The summed E-state index contributed by atoms with van der Waals surface area (Å²) in [4.78, 5) is 26.8. The molecular formula is C24H29FN2O3. The summed E-state index contributed by atoms with van der Waals surface area (Å²) in [6.45, 7) is 8.62. The molecule has 0 spiro atoms. The Morgan fingerprint density at radius 2 is 1.87 bits per heavy atom. The zero-order valence-electron chi connectivity index (χ0n) is 18.0. The molecule has 0 aromatic heterocycles. The minimum atomic E-state index is -0.540. The second kappa shape index (κ2) is 8.86. The van der Waals surface area contributed by atoms with Gasteiger partial charge in [-0.1, -0.05) is 39.0 Å². The molecule has 0 bridgehead atoms. The summed E-state index contributed by atoms with van der Waals surface area (Å²) in [5, 5.41) is 2.70. The molecule has 0 saturated carbocycles. The minimum Gasteiger partial charge on any atom is -0.484 e. The SMILES string of the molecule is CCNC(=O)COc1ccc2c(c1)C(c1ccc(F)cc1)N(C(=O)C(C)(C)C)CC2. The van der Waals surface area contributed by atoms with E-state index in [1.807, 2.05) is 50.8 Å². The number of carbonyl (C=O) groups excluding carboxylic acids is 2. The lowest BCUT2D eigenvalue weighted by atomic mass is 9.85. The van der Waals surface area contributed by atoms with Crippen LogP contribution in [0.1, 0.15) is 50.4 Å². The largest absolute Gasteiger partial charge is 0.484 e. The maximum atomic E-state index is 13.6. The average molecular weight is 413 g/mol. The third-order valence-electron chi connectivity index (χ3n) is 5.18. The van der Waals surface area contributed by atoms with E-state index in [4.69, 9.17) is 4.74 Å². The van der Waals surface area contributed by atoms with E-state index in [2.05, 4.69) is 5.32 Å². The van der Waals surface area contributed by atoms with Gasteiger partial charge >= 0.3 is 0 Å². The lowest BCUT2D eigenvalue weighted by Crippen LogP contribution is -2.45. The number of hydrogen-bond acceptors (Lipinski definition) is 3. The molecule has 1 unspecified atom stereocenters. The Bertz CT molecular complexity index is 919. The Balaban J connectivity index is 1.99. The van der Waals surface area contributed by atoms with Crippen molar-refractivity contribution in [2.75, 3.05) is 19.7 Å². The number of ether oxygens (including phenoxy) is 1. The van der Waals surface area contributed by atoms with Gasteiger partial charge in [-0.25, -0.2) is 4.39 Å². The third kappa shape index (κ3) is 4.81. The first-order valence-corrected chi connectivity index (χ1v) is 10.3. The second-order valence-corrected chi connectivity index (χ2v) is 8.56. The number of nitrogens with one attached hydrogen (secondary N) is 1. The van der Waals surface area contributed by atoms with Crippen molar-refractivity contribution < 1.29 is 18.7 Å². The van der Waals surface area contributed by atoms with E-state index < -0.39 is 5.41 Å². The molecule has 2 aromatic rings. The fraction of sp³-hybridized carbons (Fsp3) is 0.417. The molecule has 1 atom stereocenters. The first-order valence-electron chi connectivity index (χ1n) is 10.3. The lowest BCUT2D eigenvalue weighted by Gasteiger charge is -2.41. The minimum absolute atomic E-state index is 0.0381. The molecule has 1 aliphatic rings. The Morgan fingerprint density at radius 3 is 2.50 bits per heavy atom. The summed E-state index contributed by atoms with van der Waals surface area (Å²) in [5.74, 6) is 0.102. The van der Waals surface area contributed by atoms with Gasteiger partial charge in [-0.3, -0.25) is 9.59 Å². The van der Waals surface area contributed by atoms with E-state index in [1.54, 1.807) is 12.1 Å². The predicted molar refractivity (Wildman–Crippen MR) is 114 cm³/mol. The highest BCUT2D eigenvalue weighted by Crippen LogP contribution is 2.39. The van der Waals surface area contributed by atoms with E-state index in [-0.39, 0.29) is 30.3 Å². The van der Waals surface area contributed by atoms with Crippen LogP contribution in [-0.2, 0) is 16.0 Å². The van der Waals surface area contributed by atoms with Crippen molar-refractivity contribution in [3.63, 3.8) is 0 Å². The number of likely N-dealkylation sites (N-methyl/N-ethyl adjacent to an activating group) is 1. The van der Waals surface area contributed by atoms with Gasteiger partial charge in [0.15, 0.2) is 6.61 Å². The van der Waals surface area contributed by atoms with E-state index in [1.165, 1.54) is 12.1 Å². The molecule has 5 nitrogen and oxygen atoms in total. The van der Waals surface area contributed by atoms with Crippen molar-refractivity contribution in [1.29, 1.82) is 0 Å². The van der Waals surface area contributed by atoms with Crippen molar-refractivity contribution in [1.82, 2.24) is 10.2 Å². The zero-order valence-corrected chi connectivity index (χ0v) is 18.0. The number of rotatable bonds is 5. The van der Waals surface area contributed by atoms with Gasteiger partial charge in [0.2, 0.25) is 5.91 Å². The molecule has 0 saturated heterocycles. The quantitative estimate of drug-likeness (QED) is 0.811. The summed E-state index contributed by atoms with van der Waals surface area (Å²) in [6.07, 6.45) is 0.728. The fourth-order valence-corrected chi connectivity index (χ4v) is 3.73. The van der Waals surface area contributed by atoms with Crippen molar-refractivity contribution in [3.8, 4) is 5.75 Å². The zero-order chi connectivity index (χ0) is 21.9. The van der Waals surface area contributed by atoms with Gasteiger partial charge in [0, 0.05) is 18.5 Å². The topological polar surface area (TPSA) is 58.6 Å². The van der Waals surface area contributed by atoms with E-state index in [9.17, 15) is 14.0 Å². The summed E-state index contributed by atoms with van der Waals surface area (Å²) in [5.41, 5.74) is 2.37. The van der Waals surface area contributed by atoms with E-state index in [0.717, 1.165) is 23.1 Å². The third-order valence-corrected chi connectivity index (χ3v) is 5.18. The maximum Gasteiger partial charge on any atom is 0.257 e. The van der Waals surface area contributed by atoms with Gasteiger partial charge in [-0.15, -0.1) is 0 Å². The molecule has 1 N–H and O–H groups in total. The molecule has 0 radical (unpaired) electrons. The van der Waals surface area contributed by atoms with E-state index in [0.29, 0.717) is 18.8 Å². The molecule has 2 amide bonds. The van der Waals surface area contributed by atoms with Crippen LogP contribution < -0.4 is 10.1 Å². The van der Waals surface area contributed by atoms with Gasteiger partial charge in [-0.2, -0.15) is 0 Å². The maximum absolute atomic E-state index is 13.6. The van der Waals surface area contributed by atoms with Crippen molar-refractivity contribution in [2.24, 2.45) is 5.41 Å². The number of hydrogen-bond donors (Lipinski definition) is 1. The number of halogens is 1. The lowest BCUT2D eigenvalue weighted by molar-refractivity contribution is -0.141. The summed E-state index contributed by atoms with van der Waals surface area (Å²) < 4.78 is 19.2. The van der Waals surface area contributed by atoms with Crippen molar-refractivity contribution in [3.05, 3.63) is 65.0 Å². The number of fused-ring (bicyclic) bond motifs is 1. The Hall–Kier alpha value is -2.89. The monoisotopic (exact) mass is 412 g/mol. The molecule has 6 heteroatoms. The van der Waals surface area contributed by atoms with Crippen LogP contribution in [0, 0.1) is 11.2 Å². The molecule has 3 rings (SSSR count). The molecule has 2 aromatic carbocycles.